The Hall–Kier alpha value is -3.24. The van der Waals surface area contributed by atoms with E-state index in [1.807, 2.05) is 60.7 Å². The van der Waals surface area contributed by atoms with Gasteiger partial charge >= 0.3 is 0 Å². The van der Waals surface area contributed by atoms with E-state index in [1.165, 1.54) is 0 Å². The lowest BCUT2D eigenvalue weighted by atomic mass is 9.88. The molecule has 29 heavy (non-hydrogen) atoms. The van der Waals surface area contributed by atoms with Gasteiger partial charge in [0.05, 0.1) is 5.69 Å². The number of ketones is 1. The van der Waals surface area contributed by atoms with Gasteiger partial charge in [0.25, 0.3) is 0 Å². The third kappa shape index (κ3) is 4.13. The van der Waals surface area contributed by atoms with Crippen LogP contribution in [0.4, 0.5) is 5.69 Å². The van der Waals surface area contributed by atoms with Crippen LogP contribution in [0.15, 0.2) is 84.9 Å². The van der Waals surface area contributed by atoms with Crippen LogP contribution < -0.4 is 10.6 Å². The highest BCUT2D eigenvalue weighted by atomic mass is 16.2. The molecule has 1 amide bonds. The van der Waals surface area contributed by atoms with Crippen LogP contribution >= 0.6 is 0 Å². The van der Waals surface area contributed by atoms with E-state index >= 15 is 0 Å². The minimum absolute atomic E-state index is 0.0906. The molecule has 0 aromatic heterocycles. The van der Waals surface area contributed by atoms with Crippen LogP contribution in [0.3, 0.4) is 0 Å². The van der Waals surface area contributed by atoms with Crippen LogP contribution in [0.5, 0.6) is 0 Å². The summed E-state index contributed by atoms with van der Waals surface area (Å²) in [7, 11) is 0. The second-order valence-corrected chi connectivity index (χ2v) is 7.47. The molecular weight excluding hydrogens is 360 g/mol. The predicted octanol–water partition coefficient (Wildman–Crippen LogP) is 4.22. The lowest BCUT2D eigenvalue weighted by molar-refractivity contribution is -0.121. The molecule has 0 saturated carbocycles. The van der Waals surface area contributed by atoms with Crippen LogP contribution in [0, 0.1) is 0 Å². The molecule has 0 bridgehead atoms. The predicted molar refractivity (Wildman–Crippen MR) is 115 cm³/mol. The monoisotopic (exact) mass is 384 g/mol. The van der Waals surface area contributed by atoms with Crippen molar-refractivity contribution in [3.63, 3.8) is 0 Å². The molecular formula is C25H24N2O2. The number of benzene rings is 3. The quantitative estimate of drug-likeness (QED) is 0.626. The summed E-state index contributed by atoms with van der Waals surface area (Å²) in [6.07, 6.45) is 2.34. The lowest BCUT2D eigenvalue weighted by Crippen LogP contribution is -2.52. The van der Waals surface area contributed by atoms with Gasteiger partial charge in [-0.2, -0.15) is 0 Å². The Bertz CT molecular complexity index is 994. The molecule has 3 aromatic rings. The number of hydrogen-bond acceptors (Lipinski definition) is 3. The third-order valence-electron chi connectivity index (χ3n) is 5.48. The number of anilines is 1. The first-order chi connectivity index (χ1) is 14.2. The molecule has 146 valence electrons. The van der Waals surface area contributed by atoms with Crippen molar-refractivity contribution in [3.05, 3.63) is 102 Å². The summed E-state index contributed by atoms with van der Waals surface area (Å²) in [6, 6.07) is 26.4. The number of hydrogen-bond donors (Lipinski definition) is 2. The van der Waals surface area contributed by atoms with Gasteiger partial charge in [0.2, 0.25) is 5.91 Å². The number of carbonyl (C=O) groups excluding carboxylic acids is 2. The van der Waals surface area contributed by atoms with Crippen molar-refractivity contribution < 1.29 is 9.59 Å². The number of carbonyl (C=O) groups is 2. The van der Waals surface area contributed by atoms with E-state index in [1.54, 1.807) is 24.3 Å². The van der Waals surface area contributed by atoms with E-state index < -0.39 is 5.54 Å². The molecule has 1 atom stereocenters. The number of para-hydroxylation sites is 1. The van der Waals surface area contributed by atoms with Crippen LogP contribution in [0.1, 0.15) is 34.3 Å². The molecule has 1 heterocycles. The SMILES string of the molecule is O=C(c1ccccc1)c1ccccc1NC(=O)[C@]1(Cc2ccccc2)CCCN1. The molecule has 0 radical (unpaired) electrons. The molecule has 0 spiro atoms. The molecule has 4 rings (SSSR count). The summed E-state index contributed by atoms with van der Waals surface area (Å²) in [5.74, 6) is -0.190. The molecule has 3 aromatic carbocycles. The van der Waals surface area contributed by atoms with E-state index in [0.29, 0.717) is 23.2 Å². The molecule has 1 aliphatic heterocycles. The van der Waals surface area contributed by atoms with E-state index in [4.69, 9.17) is 0 Å². The van der Waals surface area contributed by atoms with E-state index in [2.05, 4.69) is 10.6 Å². The van der Waals surface area contributed by atoms with Crippen molar-refractivity contribution in [3.8, 4) is 0 Å². The van der Waals surface area contributed by atoms with Gasteiger partial charge in [-0.05, 0) is 43.5 Å². The number of nitrogens with one attached hydrogen (secondary N) is 2. The van der Waals surface area contributed by atoms with Gasteiger partial charge in [-0.3, -0.25) is 9.59 Å². The fourth-order valence-electron chi connectivity index (χ4n) is 3.95. The summed E-state index contributed by atoms with van der Waals surface area (Å²) in [5.41, 5.74) is 2.11. The Labute approximate surface area is 171 Å². The summed E-state index contributed by atoms with van der Waals surface area (Å²) in [5, 5.41) is 6.46. The number of rotatable bonds is 6. The molecule has 4 heteroatoms. The van der Waals surface area contributed by atoms with Crippen molar-refractivity contribution in [2.45, 2.75) is 24.8 Å². The van der Waals surface area contributed by atoms with Gasteiger partial charge in [-0.1, -0.05) is 72.8 Å². The fraction of sp³-hybridized carbons (Fsp3) is 0.200. The van der Waals surface area contributed by atoms with Crippen molar-refractivity contribution in [2.24, 2.45) is 0 Å². The first-order valence-corrected chi connectivity index (χ1v) is 9.97. The molecule has 2 N–H and O–H groups in total. The average molecular weight is 384 g/mol. The van der Waals surface area contributed by atoms with Gasteiger partial charge in [-0.25, -0.2) is 0 Å². The van der Waals surface area contributed by atoms with Crippen LogP contribution in [-0.2, 0) is 11.2 Å². The average Bonchev–Trinajstić information content (AvgIpc) is 3.25. The smallest absolute Gasteiger partial charge is 0.245 e. The fourth-order valence-corrected chi connectivity index (χ4v) is 3.95. The second-order valence-electron chi connectivity index (χ2n) is 7.47. The first kappa shape index (κ1) is 19.1. The highest BCUT2D eigenvalue weighted by Gasteiger charge is 2.41. The Kier molecular flexibility index (Phi) is 5.54. The van der Waals surface area contributed by atoms with Crippen LogP contribution in [0.25, 0.3) is 0 Å². The minimum atomic E-state index is -0.662. The molecule has 1 fully saturated rings. The van der Waals surface area contributed by atoms with Gasteiger partial charge in [0.1, 0.15) is 5.54 Å². The largest absolute Gasteiger partial charge is 0.324 e. The van der Waals surface area contributed by atoms with Gasteiger partial charge < -0.3 is 10.6 Å². The maximum atomic E-state index is 13.4. The summed E-state index contributed by atoms with van der Waals surface area (Å²) in [6.45, 7) is 0.810. The molecule has 0 unspecified atom stereocenters. The van der Waals surface area contributed by atoms with Crippen LogP contribution in [0.2, 0.25) is 0 Å². The Balaban J connectivity index is 1.60. The molecule has 1 aliphatic rings. The van der Waals surface area contributed by atoms with Gasteiger partial charge in [-0.15, -0.1) is 0 Å². The summed E-state index contributed by atoms with van der Waals surface area (Å²) in [4.78, 5) is 26.3. The minimum Gasteiger partial charge on any atom is -0.324 e. The zero-order valence-corrected chi connectivity index (χ0v) is 16.2. The van der Waals surface area contributed by atoms with Crippen molar-refractivity contribution >= 4 is 17.4 Å². The molecule has 4 nitrogen and oxygen atoms in total. The maximum absolute atomic E-state index is 13.4. The maximum Gasteiger partial charge on any atom is 0.245 e. The van der Waals surface area contributed by atoms with E-state index in [-0.39, 0.29) is 11.7 Å². The molecule has 0 aliphatic carbocycles. The Morgan fingerprint density at radius 3 is 2.21 bits per heavy atom. The van der Waals surface area contributed by atoms with Gasteiger partial charge in [0.15, 0.2) is 5.78 Å². The van der Waals surface area contributed by atoms with E-state index in [0.717, 1.165) is 24.9 Å². The third-order valence-corrected chi connectivity index (χ3v) is 5.48. The first-order valence-electron chi connectivity index (χ1n) is 9.97. The second kappa shape index (κ2) is 8.41. The van der Waals surface area contributed by atoms with E-state index in [9.17, 15) is 9.59 Å². The highest BCUT2D eigenvalue weighted by molar-refractivity contribution is 6.14. The normalized spacial score (nSPS) is 18.3. The summed E-state index contributed by atoms with van der Waals surface area (Å²) < 4.78 is 0. The van der Waals surface area contributed by atoms with Crippen LogP contribution in [-0.4, -0.2) is 23.8 Å². The number of amides is 1. The topological polar surface area (TPSA) is 58.2 Å². The van der Waals surface area contributed by atoms with Crippen molar-refractivity contribution in [1.29, 1.82) is 0 Å². The zero-order chi connectivity index (χ0) is 20.1. The lowest BCUT2D eigenvalue weighted by Gasteiger charge is -2.29. The Morgan fingerprint density at radius 1 is 0.862 bits per heavy atom. The highest BCUT2D eigenvalue weighted by Crippen LogP contribution is 2.27. The zero-order valence-electron chi connectivity index (χ0n) is 16.2. The van der Waals surface area contributed by atoms with Crippen molar-refractivity contribution in [2.75, 3.05) is 11.9 Å². The van der Waals surface area contributed by atoms with Gasteiger partial charge in [0, 0.05) is 11.1 Å². The summed E-state index contributed by atoms with van der Waals surface area (Å²) >= 11 is 0. The molecule has 1 saturated heterocycles. The van der Waals surface area contributed by atoms with Crippen molar-refractivity contribution in [1.82, 2.24) is 5.32 Å². The Morgan fingerprint density at radius 2 is 1.52 bits per heavy atom. The standard InChI is InChI=1S/C25H24N2O2/c28-23(20-12-5-2-6-13-20)21-14-7-8-15-22(21)27-24(29)25(16-9-17-26-25)18-19-10-3-1-4-11-19/h1-8,10-15,26H,9,16-18H2,(H,27,29)/t25-/m1/s1.